The van der Waals surface area contributed by atoms with E-state index in [4.69, 9.17) is 0 Å². The Morgan fingerprint density at radius 3 is 2.52 bits per heavy atom. The summed E-state index contributed by atoms with van der Waals surface area (Å²) in [6.45, 7) is -0.453. The van der Waals surface area contributed by atoms with Crippen LogP contribution < -0.4 is 5.32 Å². The van der Waals surface area contributed by atoms with Gasteiger partial charge in [0.25, 0.3) is 5.91 Å². The number of halogens is 3. The molecule has 4 rings (SSSR count). The molecule has 1 saturated carbocycles. The van der Waals surface area contributed by atoms with Crippen LogP contribution in [0.1, 0.15) is 35.4 Å². The molecule has 140 valence electrons. The smallest absolute Gasteiger partial charge is 0.323 e. The van der Waals surface area contributed by atoms with Crippen molar-refractivity contribution in [3.63, 3.8) is 0 Å². The van der Waals surface area contributed by atoms with E-state index in [-0.39, 0.29) is 11.5 Å². The van der Waals surface area contributed by atoms with Crippen molar-refractivity contribution in [1.29, 1.82) is 0 Å². The fraction of sp³-hybridized carbons (Fsp3) is 0.316. The molecule has 1 aromatic carbocycles. The Hall–Kier alpha value is -2.90. The summed E-state index contributed by atoms with van der Waals surface area (Å²) < 4.78 is 39.5. The summed E-state index contributed by atoms with van der Waals surface area (Å²) >= 11 is 0. The number of nitrogens with zero attached hydrogens (tertiary/aromatic N) is 2. The number of amides is 3. The highest BCUT2D eigenvalue weighted by molar-refractivity contribution is 6.07. The van der Waals surface area contributed by atoms with Crippen molar-refractivity contribution in [2.75, 3.05) is 0 Å². The zero-order valence-electron chi connectivity index (χ0n) is 14.2. The molecular weight excluding hydrogens is 359 g/mol. The molecule has 0 bridgehead atoms. The molecule has 3 amide bonds. The van der Waals surface area contributed by atoms with Crippen molar-refractivity contribution in [1.82, 2.24) is 15.2 Å². The fourth-order valence-electron chi connectivity index (χ4n) is 3.84. The van der Waals surface area contributed by atoms with Crippen LogP contribution in [0.25, 0.3) is 0 Å². The second-order valence-electron chi connectivity index (χ2n) is 6.95. The van der Waals surface area contributed by atoms with Gasteiger partial charge in [-0.1, -0.05) is 30.3 Å². The van der Waals surface area contributed by atoms with Crippen LogP contribution in [0.5, 0.6) is 0 Å². The highest BCUT2D eigenvalue weighted by Gasteiger charge is 2.58. The van der Waals surface area contributed by atoms with Gasteiger partial charge >= 0.3 is 12.2 Å². The number of benzene rings is 1. The number of carbonyl (C=O) groups is 2. The summed E-state index contributed by atoms with van der Waals surface area (Å²) in [7, 11) is 0. The molecule has 2 heterocycles. The van der Waals surface area contributed by atoms with E-state index in [2.05, 4.69) is 10.3 Å². The quantitative estimate of drug-likeness (QED) is 0.836. The molecular formula is C19H16F3N3O2. The van der Waals surface area contributed by atoms with Gasteiger partial charge in [-0.2, -0.15) is 13.2 Å². The molecule has 27 heavy (non-hydrogen) atoms. The number of aromatic nitrogens is 1. The molecule has 1 aliphatic carbocycles. The first-order chi connectivity index (χ1) is 12.8. The lowest BCUT2D eigenvalue weighted by Crippen LogP contribution is -2.56. The molecule has 0 atom stereocenters. The van der Waals surface area contributed by atoms with Crippen LogP contribution in [0.3, 0.4) is 0 Å². The maximum atomic E-state index is 13.2. The van der Waals surface area contributed by atoms with Crippen LogP contribution in [0, 0.1) is 0 Å². The van der Waals surface area contributed by atoms with Gasteiger partial charge < -0.3 is 5.32 Å². The summed E-state index contributed by atoms with van der Waals surface area (Å²) in [6, 6.07) is 9.81. The molecule has 2 aromatic rings. The third-order valence-corrected chi connectivity index (χ3v) is 5.24. The van der Waals surface area contributed by atoms with Crippen LogP contribution in [0.4, 0.5) is 18.0 Å². The van der Waals surface area contributed by atoms with Crippen LogP contribution in [-0.2, 0) is 17.5 Å². The number of pyridine rings is 1. The number of hydrogen-bond donors (Lipinski definition) is 1. The molecule has 0 unspecified atom stereocenters. The summed E-state index contributed by atoms with van der Waals surface area (Å²) in [5.41, 5.74) is -1.03. The molecule has 1 aromatic heterocycles. The number of rotatable bonds is 3. The normalized spacial score (nSPS) is 24.9. The Morgan fingerprint density at radius 1 is 1.15 bits per heavy atom. The number of imide groups is 1. The van der Waals surface area contributed by atoms with Gasteiger partial charge in [0.15, 0.2) is 0 Å². The zero-order chi connectivity index (χ0) is 19.2. The molecule has 8 heteroatoms. The Bertz CT molecular complexity index is 893. The van der Waals surface area contributed by atoms with Gasteiger partial charge in [-0.05, 0) is 30.4 Å². The molecule has 1 aliphatic heterocycles. The SMILES string of the molecule is O=C1NC2(CC(c3ccccc3)C2)C(=O)N1Cc1cnccc1C(F)(F)F. The Morgan fingerprint density at radius 2 is 1.85 bits per heavy atom. The molecule has 1 saturated heterocycles. The minimum absolute atomic E-state index is 0.138. The first-order valence-corrected chi connectivity index (χ1v) is 8.49. The monoisotopic (exact) mass is 375 g/mol. The number of urea groups is 1. The van der Waals surface area contributed by atoms with Crippen molar-refractivity contribution in [3.05, 3.63) is 65.5 Å². The average Bonchev–Trinajstić information content (AvgIpc) is 2.86. The van der Waals surface area contributed by atoms with Gasteiger partial charge in [0, 0.05) is 18.0 Å². The van der Waals surface area contributed by atoms with Gasteiger partial charge in [0.2, 0.25) is 0 Å². The topological polar surface area (TPSA) is 62.3 Å². The van der Waals surface area contributed by atoms with Crippen LogP contribution >= 0.6 is 0 Å². The predicted octanol–water partition coefficient (Wildman–Crippen LogP) is 3.47. The Kier molecular flexibility index (Phi) is 3.94. The maximum Gasteiger partial charge on any atom is 0.416 e. The van der Waals surface area contributed by atoms with Gasteiger partial charge in [-0.3, -0.25) is 14.7 Å². The van der Waals surface area contributed by atoms with Crippen molar-refractivity contribution in [3.8, 4) is 0 Å². The third kappa shape index (κ3) is 2.94. The maximum absolute atomic E-state index is 13.2. The minimum Gasteiger partial charge on any atom is -0.323 e. The van der Waals surface area contributed by atoms with Gasteiger partial charge in [-0.25, -0.2) is 4.79 Å². The Balaban J connectivity index is 1.52. The largest absolute Gasteiger partial charge is 0.416 e. The second kappa shape index (κ2) is 6.07. The first-order valence-electron chi connectivity index (χ1n) is 8.49. The van der Waals surface area contributed by atoms with E-state index in [0.29, 0.717) is 12.8 Å². The first kappa shape index (κ1) is 17.5. The third-order valence-electron chi connectivity index (χ3n) is 5.24. The summed E-state index contributed by atoms with van der Waals surface area (Å²) in [4.78, 5) is 29.7. The molecule has 1 N–H and O–H groups in total. The van der Waals surface area contributed by atoms with E-state index in [1.807, 2.05) is 30.3 Å². The highest BCUT2D eigenvalue weighted by Crippen LogP contribution is 2.48. The van der Waals surface area contributed by atoms with Crippen molar-refractivity contribution < 1.29 is 22.8 Å². The van der Waals surface area contributed by atoms with E-state index in [1.54, 1.807) is 0 Å². The lowest BCUT2D eigenvalue weighted by Gasteiger charge is -2.43. The van der Waals surface area contributed by atoms with Crippen LogP contribution in [0.2, 0.25) is 0 Å². The summed E-state index contributed by atoms with van der Waals surface area (Å²) in [6.07, 6.45) is -1.61. The van der Waals surface area contributed by atoms with Crippen LogP contribution in [0.15, 0.2) is 48.8 Å². The molecule has 1 spiro atoms. The van der Waals surface area contributed by atoms with E-state index >= 15 is 0 Å². The lowest BCUT2D eigenvalue weighted by atomic mass is 9.65. The molecule has 2 fully saturated rings. The van der Waals surface area contributed by atoms with Crippen molar-refractivity contribution in [2.45, 2.75) is 37.0 Å². The highest BCUT2D eigenvalue weighted by atomic mass is 19.4. The van der Waals surface area contributed by atoms with Gasteiger partial charge in [-0.15, -0.1) is 0 Å². The number of hydrogen-bond acceptors (Lipinski definition) is 3. The number of alkyl halides is 3. The molecule has 0 radical (unpaired) electrons. The average molecular weight is 375 g/mol. The van der Waals surface area contributed by atoms with Gasteiger partial charge in [0.1, 0.15) is 5.54 Å². The Labute approximate surface area is 153 Å². The van der Waals surface area contributed by atoms with Crippen molar-refractivity contribution in [2.24, 2.45) is 0 Å². The minimum atomic E-state index is -4.58. The van der Waals surface area contributed by atoms with E-state index in [9.17, 15) is 22.8 Å². The molecule has 5 nitrogen and oxygen atoms in total. The summed E-state index contributed by atoms with van der Waals surface area (Å²) in [5, 5.41) is 2.68. The zero-order valence-corrected chi connectivity index (χ0v) is 14.2. The van der Waals surface area contributed by atoms with E-state index in [0.717, 1.165) is 28.9 Å². The number of nitrogens with one attached hydrogen (secondary N) is 1. The number of carbonyl (C=O) groups excluding carboxylic acids is 2. The van der Waals surface area contributed by atoms with Crippen LogP contribution in [-0.4, -0.2) is 27.4 Å². The summed E-state index contributed by atoms with van der Waals surface area (Å²) in [5.74, 6) is -0.337. The van der Waals surface area contributed by atoms with E-state index < -0.39 is 35.8 Å². The van der Waals surface area contributed by atoms with Gasteiger partial charge in [0.05, 0.1) is 12.1 Å². The second-order valence-corrected chi connectivity index (χ2v) is 6.95. The predicted molar refractivity (Wildman–Crippen MR) is 89.5 cm³/mol. The lowest BCUT2D eigenvalue weighted by molar-refractivity contribution is -0.140. The molecule has 2 aliphatic rings. The standard InChI is InChI=1S/C19H16F3N3O2/c20-19(21,22)15-6-7-23-10-14(15)11-25-16(26)18(24-17(25)27)8-13(9-18)12-4-2-1-3-5-12/h1-7,10,13H,8-9,11H2,(H,24,27). The fourth-order valence-corrected chi connectivity index (χ4v) is 3.84. The van der Waals surface area contributed by atoms with Crippen molar-refractivity contribution >= 4 is 11.9 Å². The van der Waals surface area contributed by atoms with E-state index in [1.165, 1.54) is 0 Å².